The second-order valence-corrected chi connectivity index (χ2v) is 13.1. The molecule has 0 saturated heterocycles. The van der Waals surface area contributed by atoms with Crippen molar-refractivity contribution in [2.45, 2.75) is 43.8 Å². The largest absolute Gasteiger partial charge is 0.493 e. The van der Waals surface area contributed by atoms with Gasteiger partial charge in [-0.1, -0.05) is 6.92 Å². The highest BCUT2D eigenvalue weighted by Crippen LogP contribution is 2.41. The summed E-state index contributed by atoms with van der Waals surface area (Å²) in [6.07, 6.45) is 3.63. The lowest BCUT2D eigenvalue weighted by atomic mass is 10.1. The number of methoxy groups -OCH3 is 2. The van der Waals surface area contributed by atoms with Crippen molar-refractivity contribution in [1.82, 2.24) is 9.61 Å². The van der Waals surface area contributed by atoms with Gasteiger partial charge in [-0.2, -0.15) is 5.10 Å². The van der Waals surface area contributed by atoms with Crippen LogP contribution in [0, 0.1) is 0 Å². The van der Waals surface area contributed by atoms with E-state index in [1.54, 1.807) is 62.8 Å². The van der Waals surface area contributed by atoms with Gasteiger partial charge in [0.2, 0.25) is 10.0 Å². The molecule has 180 valence electrons. The smallest absolute Gasteiger partial charge is 0.232 e. The van der Waals surface area contributed by atoms with Crippen LogP contribution in [0.5, 0.6) is 11.5 Å². The highest BCUT2D eigenvalue weighted by Gasteiger charge is 2.31. The van der Waals surface area contributed by atoms with Crippen LogP contribution >= 0.6 is 0 Å². The van der Waals surface area contributed by atoms with E-state index in [-0.39, 0.29) is 22.1 Å². The summed E-state index contributed by atoms with van der Waals surface area (Å²) in [7, 11) is -4.30. The summed E-state index contributed by atoms with van der Waals surface area (Å²) < 4.78 is 64.8. The third-order valence-electron chi connectivity index (χ3n) is 5.14. The number of benzene rings is 1. The van der Waals surface area contributed by atoms with Gasteiger partial charge in [0.1, 0.15) is 0 Å². The van der Waals surface area contributed by atoms with E-state index in [9.17, 15) is 16.8 Å². The van der Waals surface area contributed by atoms with E-state index in [0.717, 1.165) is 0 Å². The van der Waals surface area contributed by atoms with Crippen LogP contribution in [0.4, 0.5) is 5.69 Å². The predicted molar refractivity (Wildman–Crippen MR) is 128 cm³/mol. The molecule has 0 atom stereocenters. The molecule has 9 nitrogen and oxygen atoms in total. The van der Waals surface area contributed by atoms with Crippen molar-refractivity contribution in [1.29, 1.82) is 0 Å². The molecule has 33 heavy (non-hydrogen) atoms. The second kappa shape index (κ2) is 8.86. The van der Waals surface area contributed by atoms with Gasteiger partial charge >= 0.3 is 0 Å². The second-order valence-electron chi connectivity index (χ2n) is 8.55. The number of pyridine rings is 1. The third-order valence-corrected chi connectivity index (χ3v) is 9.10. The van der Waals surface area contributed by atoms with Gasteiger partial charge < -0.3 is 9.47 Å². The molecular weight excluding hydrogens is 466 g/mol. The number of rotatable bonds is 8. The number of sulfone groups is 1. The first-order valence-electron chi connectivity index (χ1n) is 10.3. The minimum absolute atomic E-state index is 0.0482. The van der Waals surface area contributed by atoms with Gasteiger partial charge in [0.05, 0.1) is 47.0 Å². The average molecular weight is 496 g/mol. The molecule has 0 unspecified atom stereocenters. The lowest BCUT2D eigenvalue weighted by Gasteiger charge is -2.19. The van der Waals surface area contributed by atoms with E-state index in [0.29, 0.717) is 28.8 Å². The number of fused-ring (bicyclic) bond motifs is 1. The molecule has 3 rings (SSSR count). The number of hydrogen-bond acceptors (Lipinski definition) is 7. The van der Waals surface area contributed by atoms with Crippen molar-refractivity contribution in [2.75, 3.05) is 24.7 Å². The zero-order valence-electron chi connectivity index (χ0n) is 19.5. The molecular formula is C22H29N3O6S2. The molecule has 0 bridgehead atoms. The fraction of sp³-hybridized carbons (Fsp3) is 0.409. The fourth-order valence-electron chi connectivity index (χ4n) is 3.39. The monoisotopic (exact) mass is 495 g/mol. The number of sulfonamides is 1. The summed E-state index contributed by atoms with van der Waals surface area (Å²) in [4.78, 5) is 0.175. The number of ether oxygens (including phenoxy) is 2. The topological polar surface area (TPSA) is 116 Å². The summed E-state index contributed by atoms with van der Waals surface area (Å²) in [6.45, 7) is 6.71. The molecule has 0 saturated carbocycles. The van der Waals surface area contributed by atoms with Crippen LogP contribution in [-0.2, 0) is 19.9 Å². The Balaban J connectivity index is 2.23. The standard InChI is InChI=1S/C22H29N3O6S2/c1-7-10-32(26,27)24-18-11-15(12-20(30-5)21(18)31-6)17-14-23-25-9-8-16(13-19(17)25)33(28,29)22(2,3)4/h8-9,11-14,24H,7,10H2,1-6H3. The molecule has 11 heteroatoms. The number of anilines is 1. The molecule has 0 amide bonds. The first kappa shape index (κ1) is 24.8. The van der Waals surface area contributed by atoms with Crippen LogP contribution < -0.4 is 14.2 Å². The van der Waals surface area contributed by atoms with Crippen LogP contribution in [0.25, 0.3) is 16.6 Å². The molecule has 1 aromatic carbocycles. The first-order valence-corrected chi connectivity index (χ1v) is 13.5. The molecule has 0 aliphatic heterocycles. The van der Waals surface area contributed by atoms with Crippen molar-refractivity contribution in [3.05, 3.63) is 36.7 Å². The number of hydrogen-bond donors (Lipinski definition) is 1. The number of nitrogens with one attached hydrogen (secondary N) is 1. The van der Waals surface area contributed by atoms with E-state index < -0.39 is 24.6 Å². The molecule has 1 N–H and O–H groups in total. The Morgan fingerprint density at radius 2 is 1.76 bits per heavy atom. The zero-order chi connectivity index (χ0) is 24.6. The summed E-state index contributed by atoms with van der Waals surface area (Å²) in [5.41, 5.74) is 1.97. The van der Waals surface area contributed by atoms with Crippen molar-refractivity contribution in [3.63, 3.8) is 0 Å². The predicted octanol–water partition coefficient (Wildman–Crippen LogP) is 3.74. The van der Waals surface area contributed by atoms with Crippen molar-refractivity contribution >= 4 is 31.1 Å². The summed E-state index contributed by atoms with van der Waals surface area (Å²) in [5.74, 6) is 0.517. The van der Waals surface area contributed by atoms with E-state index >= 15 is 0 Å². The molecule has 2 heterocycles. The van der Waals surface area contributed by atoms with Crippen molar-refractivity contribution in [3.8, 4) is 22.6 Å². The quantitative estimate of drug-likeness (QED) is 0.506. The number of nitrogens with zero attached hydrogens (tertiary/aromatic N) is 2. The molecule has 0 spiro atoms. The van der Waals surface area contributed by atoms with Crippen LogP contribution in [0.1, 0.15) is 34.1 Å². The lowest BCUT2D eigenvalue weighted by molar-refractivity contribution is 0.356. The van der Waals surface area contributed by atoms with Gasteiger partial charge in [-0.15, -0.1) is 0 Å². The molecule has 0 aliphatic rings. The SMILES string of the molecule is CCCS(=O)(=O)Nc1cc(-c2cnn3ccc(S(=O)(=O)C(C)(C)C)cc23)cc(OC)c1OC. The zero-order valence-corrected chi connectivity index (χ0v) is 21.2. The lowest BCUT2D eigenvalue weighted by Crippen LogP contribution is -2.27. The maximum atomic E-state index is 13.0. The fourth-order valence-corrected chi connectivity index (χ4v) is 5.73. The van der Waals surface area contributed by atoms with Gasteiger partial charge in [0.25, 0.3) is 0 Å². The Labute approximate surface area is 194 Å². The normalized spacial score (nSPS) is 12.7. The van der Waals surface area contributed by atoms with Crippen LogP contribution in [0.2, 0.25) is 0 Å². The minimum atomic E-state index is -3.60. The number of aromatic nitrogens is 2. The highest BCUT2D eigenvalue weighted by atomic mass is 32.2. The first-order chi connectivity index (χ1) is 15.3. The maximum Gasteiger partial charge on any atom is 0.232 e. The van der Waals surface area contributed by atoms with E-state index in [1.165, 1.54) is 20.3 Å². The van der Waals surface area contributed by atoms with Crippen LogP contribution in [0.15, 0.2) is 41.6 Å². The van der Waals surface area contributed by atoms with Crippen molar-refractivity contribution in [2.24, 2.45) is 0 Å². The molecule has 3 aromatic rings. The molecule has 0 radical (unpaired) electrons. The summed E-state index contributed by atoms with van der Waals surface area (Å²) >= 11 is 0. The van der Waals surface area contributed by atoms with Gasteiger partial charge in [-0.3, -0.25) is 4.72 Å². The summed E-state index contributed by atoms with van der Waals surface area (Å²) in [5, 5.41) is 4.32. The van der Waals surface area contributed by atoms with Crippen molar-refractivity contribution < 1.29 is 26.3 Å². The van der Waals surface area contributed by atoms with E-state index in [4.69, 9.17) is 9.47 Å². The van der Waals surface area contributed by atoms with Crippen LogP contribution in [0.3, 0.4) is 0 Å². The Morgan fingerprint density at radius 1 is 1.06 bits per heavy atom. The molecule has 0 fully saturated rings. The minimum Gasteiger partial charge on any atom is -0.493 e. The van der Waals surface area contributed by atoms with E-state index in [2.05, 4.69) is 9.82 Å². The Morgan fingerprint density at radius 3 is 2.33 bits per heavy atom. The molecule has 0 aliphatic carbocycles. The van der Waals surface area contributed by atoms with E-state index in [1.807, 2.05) is 0 Å². The Hall–Kier alpha value is -2.79. The molecule has 2 aromatic heterocycles. The van der Waals surface area contributed by atoms with Crippen LogP contribution in [-0.4, -0.2) is 51.2 Å². The third kappa shape index (κ3) is 4.79. The Bertz CT molecular complexity index is 1390. The van der Waals surface area contributed by atoms with Gasteiger partial charge in [0, 0.05) is 11.8 Å². The van der Waals surface area contributed by atoms with Gasteiger partial charge in [0.15, 0.2) is 21.3 Å². The average Bonchev–Trinajstić information content (AvgIpc) is 3.15. The highest BCUT2D eigenvalue weighted by molar-refractivity contribution is 7.93. The maximum absolute atomic E-state index is 13.0. The Kier molecular flexibility index (Phi) is 6.67. The van der Waals surface area contributed by atoms with Gasteiger partial charge in [-0.25, -0.2) is 21.4 Å². The van der Waals surface area contributed by atoms with Gasteiger partial charge in [-0.05, 0) is 57.0 Å². The summed E-state index contributed by atoms with van der Waals surface area (Å²) in [6, 6.07) is 6.40.